The van der Waals surface area contributed by atoms with Crippen LogP contribution in [-0.2, 0) is 21.9 Å². The molecule has 0 saturated carbocycles. The summed E-state index contributed by atoms with van der Waals surface area (Å²) in [7, 11) is -2.30. The standard InChI is InChI=1S/C10H15ClN4O3S/c1-14-6-13-10(8(14)11)19(17,18)15-5-3-2-4-7(15)9(12)16/h6-7H,2-5H2,1H3,(H2,12,16)/t7-/m1/s1. The lowest BCUT2D eigenvalue weighted by molar-refractivity contribution is -0.122. The maximum Gasteiger partial charge on any atom is 0.264 e. The highest BCUT2D eigenvalue weighted by molar-refractivity contribution is 7.89. The van der Waals surface area contributed by atoms with Crippen molar-refractivity contribution in [2.45, 2.75) is 30.3 Å². The van der Waals surface area contributed by atoms with Crippen molar-refractivity contribution >= 4 is 27.5 Å². The summed E-state index contributed by atoms with van der Waals surface area (Å²) in [6.07, 6.45) is 3.21. The molecule has 19 heavy (non-hydrogen) atoms. The van der Waals surface area contributed by atoms with Gasteiger partial charge in [-0.05, 0) is 12.8 Å². The van der Waals surface area contributed by atoms with Gasteiger partial charge in [0, 0.05) is 13.6 Å². The Bertz CT molecular complexity index is 598. The van der Waals surface area contributed by atoms with Crippen LogP contribution >= 0.6 is 11.6 Å². The Kier molecular flexibility index (Phi) is 3.84. The predicted octanol–water partition coefficient (Wildman–Crippen LogP) is 0.102. The Morgan fingerprint density at radius 2 is 2.21 bits per heavy atom. The highest BCUT2D eigenvalue weighted by Gasteiger charge is 2.39. The zero-order valence-electron chi connectivity index (χ0n) is 10.4. The summed E-state index contributed by atoms with van der Waals surface area (Å²) in [6.45, 7) is 0.253. The molecule has 0 aromatic carbocycles. The molecule has 9 heteroatoms. The van der Waals surface area contributed by atoms with Crippen LogP contribution in [0.5, 0.6) is 0 Å². The molecule has 2 heterocycles. The van der Waals surface area contributed by atoms with E-state index >= 15 is 0 Å². The molecule has 106 valence electrons. The predicted molar refractivity (Wildman–Crippen MR) is 68.9 cm³/mol. The number of nitrogens with zero attached hydrogens (tertiary/aromatic N) is 3. The van der Waals surface area contributed by atoms with Crippen LogP contribution in [0.4, 0.5) is 0 Å². The molecular weight excluding hydrogens is 292 g/mol. The van der Waals surface area contributed by atoms with Gasteiger partial charge in [0.15, 0.2) is 0 Å². The van der Waals surface area contributed by atoms with Gasteiger partial charge in [-0.1, -0.05) is 18.0 Å². The zero-order valence-corrected chi connectivity index (χ0v) is 12.0. The molecule has 1 fully saturated rings. The largest absolute Gasteiger partial charge is 0.368 e. The fourth-order valence-corrected chi connectivity index (χ4v) is 4.21. The van der Waals surface area contributed by atoms with Crippen molar-refractivity contribution in [3.05, 3.63) is 11.5 Å². The second-order valence-electron chi connectivity index (χ2n) is 4.48. The van der Waals surface area contributed by atoms with Crippen LogP contribution in [0.25, 0.3) is 0 Å². The lowest BCUT2D eigenvalue weighted by atomic mass is 10.0. The first-order chi connectivity index (χ1) is 8.85. The summed E-state index contributed by atoms with van der Waals surface area (Å²) in [5, 5.41) is -0.210. The summed E-state index contributed by atoms with van der Waals surface area (Å²) in [5.41, 5.74) is 5.27. The number of rotatable bonds is 3. The molecule has 7 nitrogen and oxygen atoms in total. The number of aromatic nitrogens is 2. The molecule has 0 aliphatic carbocycles. The highest BCUT2D eigenvalue weighted by atomic mass is 35.5. The van der Waals surface area contributed by atoms with E-state index in [9.17, 15) is 13.2 Å². The van der Waals surface area contributed by atoms with Gasteiger partial charge in [0.25, 0.3) is 10.0 Å². The van der Waals surface area contributed by atoms with Gasteiger partial charge >= 0.3 is 0 Å². The molecule has 1 aromatic rings. The number of hydrogen-bond donors (Lipinski definition) is 1. The van der Waals surface area contributed by atoms with E-state index in [2.05, 4.69) is 4.98 Å². The molecule has 2 rings (SSSR count). The normalized spacial score (nSPS) is 21.5. The second-order valence-corrected chi connectivity index (χ2v) is 6.65. The van der Waals surface area contributed by atoms with E-state index in [1.54, 1.807) is 7.05 Å². The third-order valence-electron chi connectivity index (χ3n) is 3.17. The Labute approximate surface area is 116 Å². The number of nitrogens with two attached hydrogens (primary N) is 1. The van der Waals surface area contributed by atoms with Gasteiger partial charge in [-0.3, -0.25) is 4.79 Å². The number of aryl methyl sites for hydroxylation is 1. The summed E-state index contributed by atoms with van der Waals surface area (Å²) >= 11 is 5.92. The van der Waals surface area contributed by atoms with E-state index in [0.29, 0.717) is 12.8 Å². The monoisotopic (exact) mass is 306 g/mol. The number of carbonyl (C=O) groups excluding carboxylic acids is 1. The van der Waals surface area contributed by atoms with E-state index < -0.39 is 22.0 Å². The van der Waals surface area contributed by atoms with Gasteiger partial charge in [-0.25, -0.2) is 13.4 Å². The van der Waals surface area contributed by atoms with Crippen molar-refractivity contribution in [1.29, 1.82) is 0 Å². The van der Waals surface area contributed by atoms with Crippen molar-refractivity contribution < 1.29 is 13.2 Å². The van der Waals surface area contributed by atoms with Crippen molar-refractivity contribution in [3.63, 3.8) is 0 Å². The summed E-state index contributed by atoms with van der Waals surface area (Å²) < 4.78 is 27.5. The summed E-state index contributed by atoms with van der Waals surface area (Å²) in [6, 6.07) is -0.822. The van der Waals surface area contributed by atoms with Crippen molar-refractivity contribution in [2.24, 2.45) is 12.8 Å². The number of carbonyl (C=O) groups is 1. The maximum absolute atomic E-state index is 12.5. The van der Waals surface area contributed by atoms with E-state index in [-0.39, 0.29) is 16.7 Å². The third kappa shape index (κ3) is 2.47. The Morgan fingerprint density at radius 3 is 2.74 bits per heavy atom. The van der Waals surface area contributed by atoms with Crippen LogP contribution < -0.4 is 5.73 Å². The van der Waals surface area contributed by atoms with Gasteiger partial charge in [0.1, 0.15) is 11.2 Å². The topological polar surface area (TPSA) is 98.3 Å². The van der Waals surface area contributed by atoms with Crippen LogP contribution in [0.15, 0.2) is 11.4 Å². The number of hydrogen-bond acceptors (Lipinski definition) is 4. The Hall–Kier alpha value is -1.12. The minimum Gasteiger partial charge on any atom is -0.368 e. The zero-order chi connectivity index (χ0) is 14.2. The van der Waals surface area contributed by atoms with E-state index in [4.69, 9.17) is 17.3 Å². The van der Waals surface area contributed by atoms with Crippen molar-refractivity contribution in [2.75, 3.05) is 6.54 Å². The van der Waals surface area contributed by atoms with E-state index in [0.717, 1.165) is 10.7 Å². The molecule has 1 aliphatic heterocycles. The molecular formula is C10H15ClN4O3S. The molecule has 2 N–H and O–H groups in total. The third-order valence-corrected chi connectivity index (χ3v) is 5.57. The molecule has 1 saturated heterocycles. The molecule has 0 bridgehead atoms. The van der Waals surface area contributed by atoms with Crippen LogP contribution in [0.3, 0.4) is 0 Å². The minimum atomic E-state index is -3.90. The average molecular weight is 307 g/mol. The fourth-order valence-electron chi connectivity index (χ4n) is 2.15. The van der Waals surface area contributed by atoms with Gasteiger partial charge in [0.2, 0.25) is 10.9 Å². The summed E-state index contributed by atoms with van der Waals surface area (Å²) in [4.78, 5) is 15.2. The summed E-state index contributed by atoms with van der Waals surface area (Å²) in [5.74, 6) is -0.643. The molecule has 1 aromatic heterocycles. The SMILES string of the molecule is Cn1cnc(S(=O)(=O)N2CCCC[C@@H]2C(N)=O)c1Cl. The quantitative estimate of drug-likeness (QED) is 0.856. The van der Waals surface area contributed by atoms with Gasteiger partial charge < -0.3 is 10.3 Å². The van der Waals surface area contributed by atoms with Crippen LogP contribution in [-0.4, -0.2) is 40.8 Å². The van der Waals surface area contributed by atoms with Crippen LogP contribution in [0, 0.1) is 0 Å². The van der Waals surface area contributed by atoms with E-state index in [1.807, 2.05) is 0 Å². The van der Waals surface area contributed by atoms with Crippen molar-refractivity contribution in [3.8, 4) is 0 Å². The number of primary amides is 1. The lowest BCUT2D eigenvalue weighted by Gasteiger charge is -2.31. The van der Waals surface area contributed by atoms with E-state index in [1.165, 1.54) is 10.9 Å². The van der Waals surface area contributed by atoms with Gasteiger partial charge in [-0.2, -0.15) is 4.31 Å². The first kappa shape index (κ1) is 14.3. The smallest absolute Gasteiger partial charge is 0.264 e. The first-order valence-electron chi connectivity index (χ1n) is 5.83. The molecule has 1 atom stereocenters. The molecule has 0 radical (unpaired) electrons. The van der Waals surface area contributed by atoms with Gasteiger partial charge in [-0.15, -0.1) is 0 Å². The first-order valence-corrected chi connectivity index (χ1v) is 7.65. The molecule has 0 spiro atoms. The van der Waals surface area contributed by atoms with Crippen molar-refractivity contribution in [1.82, 2.24) is 13.9 Å². The number of piperidine rings is 1. The fraction of sp³-hybridized carbons (Fsp3) is 0.600. The van der Waals surface area contributed by atoms with Gasteiger partial charge in [0.05, 0.1) is 6.33 Å². The second kappa shape index (κ2) is 5.10. The maximum atomic E-state index is 12.5. The minimum absolute atomic E-state index is 0.0220. The number of amides is 1. The number of imidazole rings is 1. The molecule has 0 unspecified atom stereocenters. The Morgan fingerprint density at radius 1 is 1.53 bits per heavy atom. The van der Waals surface area contributed by atoms with Crippen LogP contribution in [0.1, 0.15) is 19.3 Å². The van der Waals surface area contributed by atoms with Crippen LogP contribution in [0.2, 0.25) is 5.15 Å². The number of sulfonamides is 1. The number of halogens is 1. The molecule has 1 aliphatic rings. The highest BCUT2D eigenvalue weighted by Crippen LogP contribution is 2.28. The Balaban J connectivity index is 2.43. The molecule has 1 amide bonds. The lowest BCUT2D eigenvalue weighted by Crippen LogP contribution is -2.50. The average Bonchev–Trinajstić information content (AvgIpc) is 2.70.